The quantitative estimate of drug-likeness (QED) is 0.399. The van der Waals surface area contributed by atoms with Crippen LogP contribution in [0.5, 0.6) is 0 Å². The predicted octanol–water partition coefficient (Wildman–Crippen LogP) is 3.50. The maximum absolute atomic E-state index is 13.0. The van der Waals surface area contributed by atoms with Gasteiger partial charge in [0, 0.05) is 12.2 Å². The van der Waals surface area contributed by atoms with Gasteiger partial charge in [0.15, 0.2) is 0 Å². The molecular formula is C25H22N4O4. The lowest BCUT2D eigenvalue weighted by Crippen LogP contribution is -2.28. The van der Waals surface area contributed by atoms with Crippen molar-refractivity contribution in [2.45, 2.75) is 12.5 Å². The third-order valence-corrected chi connectivity index (χ3v) is 5.30. The van der Waals surface area contributed by atoms with Crippen LogP contribution in [0.2, 0.25) is 0 Å². The molecule has 0 saturated heterocycles. The zero-order chi connectivity index (χ0) is 23.4. The Bertz CT molecular complexity index is 1240. The van der Waals surface area contributed by atoms with Gasteiger partial charge in [-0.3, -0.25) is 9.79 Å². The molecule has 1 heterocycles. The van der Waals surface area contributed by atoms with E-state index in [9.17, 15) is 14.4 Å². The Morgan fingerprint density at radius 1 is 1.03 bits per heavy atom. The van der Waals surface area contributed by atoms with Crippen molar-refractivity contribution in [2.75, 3.05) is 12.4 Å². The normalized spacial score (nSPS) is 14.9. The number of ether oxygens (including phenoxy) is 1. The molecule has 0 spiro atoms. The topological polar surface area (TPSA) is 123 Å². The number of nitrogens with two attached hydrogens (primary N) is 1. The van der Waals surface area contributed by atoms with Gasteiger partial charge < -0.3 is 21.1 Å². The van der Waals surface area contributed by atoms with Gasteiger partial charge in [-0.25, -0.2) is 9.59 Å². The summed E-state index contributed by atoms with van der Waals surface area (Å²) in [5, 5.41) is 5.40. The number of primary amides is 1. The fourth-order valence-corrected chi connectivity index (χ4v) is 3.70. The molecule has 4 N–H and O–H groups in total. The average Bonchev–Trinajstić information content (AvgIpc) is 3.16. The van der Waals surface area contributed by atoms with E-state index in [0.29, 0.717) is 29.2 Å². The number of benzene rings is 3. The molecule has 1 aliphatic heterocycles. The fraction of sp³-hybridized carbons (Fsp3) is 0.120. The van der Waals surface area contributed by atoms with Gasteiger partial charge >= 0.3 is 12.0 Å². The highest BCUT2D eigenvalue weighted by Crippen LogP contribution is 2.37. The minimum atomic E-state index is -0.648. The molecule has 0 fully saturated rings. The molecule has 0 aliphatic carbocycles. The molecule has 0 radical (unpaired) electrons. The number of carbonyl (C=O) groups is 3. The summed E-state index contributed by atoms with van der Waals surface area (Å²) in [7, 11) is 1.31. The van der Waals surface area contributed by atoms with Crippen molar-refractivity contribution in [3.8, 4) is 0 Å². The minimum absolute atomic E-state index is 0.225. The summed E-state index contributed by atoms with van der Waals surface area (Å²) < 4.78 is 4.78. The van der Waals surface area contributed by atoms with E-state index in [4.69, 9.17) is 15.5 Å². The molecule has 8 nitrogen and oxygen atoms in total. The maximum Gasteiger partial charge on any atom is 0.337 e. The van der Waals surface area contributed by atoms with Crippen LogP contribution in [-0.2, 0) is 16.1 Å². The van der Waals surface area contributed by atoms with Gasteiger partial charge in [-0.15, -0.1) is 0 Å². The third-order valence-electron chi connectivity index (χ3n) is 5.30. The number of nitrogens with one attached hydrogen (secondary N) is 2. The Morgan fingerprint density at radius 3 is 2.42 bits per heavy atom. The van der Waals surface area contributed by atoms with Crippen molar-refractivity contribution in [3.63, 3.8) is 0 Å². The number of carbonyl (C=O) groups excluding carboxylic acids is 3. The number of urea groups is 1. The van der Waals surface area contributed by atoms with Crippen LogP contribution in [0.25, 0.3) is 0 Å². The number of methoxy groups -OCH3 is 1. The molecule has 3 aromatic rings. The van der Waals surface area contributed by atoms with Crippen molar-refractivity contribution in [1.29, 1.82) is 0 Å². The Morgan fingerprint density at radius 2 is 1.76 bits per heavy atom. The first kappa shape index (κ1) is 21.8. The average molecular weight is 442 g/mol. The molecule has 0 saturated carbocycles. The summed E-state index contributed by atoms with van der Waals surface area (Å²) in [6.45, 7) is 0.311. The van der Waals surface area contributed by atoms with E-state index in [1.165, 1.54) is 7.11 Å². The number of hydrogen-bond acceptors (Lipinski definition) is 5. The molecular weight excluding hydrogens is 420 g/mol. The van der Waals surface area contributed by atoms with Gasteiger partial charge in [-0.1, -0.05) is 48.5 Å². The summed E-state index contributed by atoms with van der Waals surface area (Å²) in [4.78, 5) is 40.7. The van der Waals surface area contributed by atoms with Crippen molar-refractivity contribution >= 4 is 35.0 Å². The highest BCUT2D eigenvalue weighted by atomic mass is 16.5. The van der Waals surface area contributed by atoms with Crippen LogP contribution in [0.15, 0.2) is 77.8 Å². The number of nitrogens with zero attached hydrogens (tertiary/aromatic N) is 1. The van der Waals surface area contributed by atoms with Crippen molar-refractivity contribution in [2.24, 2.45) is 10.7 Å². The van der Waals surface area contributed by atoms with Gasteiger partial charge in [0.2, 0.25) is 5.91 Å². The van der Waals surface area contributed by atoms with Crippen molar-refractivity contribution in [3.05, 3.63) is 95.1 Å². The van der Waals surface area contributed by atoms with Crippen molar-refractivity contribution < 1.29 is 19.1 Å². The summed E-state index contributed by atoms with van der Waals surface area (Å²) in [6.07, 6.45) is 0. The molecule has 33 heavy (non-hydrogen) atoms. The highest BCUT2D eigenvalue weighted by Gasteiger charge is 2.35. The van der Waals surface area contributed by atoms with Crippen LogP contribution in [0.1, 0.15) is 33.0 Å². The number of anilines is 1. The second kappa shape index (κ2) is 9.35. The van der Waals surface area contributed by atoms with Gasteiger partial charge in [-0.2, -0.15) is 0 Å². The first-order valence-corrected chi connectivity index (χ1v) is 10.3. The van der Waals surface area contributed by atoms with Gasteiger partial charge in [-0.05, 0) is 41.0 Å². The predicted molar refractivity (Wildman–Crippen MR) is 125 cm³/mol. The Kier molecular flexibility index (Phi) is 6.17. The third kappa shape index (κ3) is 4.74. The lowest BCUT2D eigenvalue weighted by Gasteiger charge is -2.14. The van der Waals surface area contributed by atoms with Gasteiger partial charge in [0.05, 0.1) is 24.1 Å². The molecule has 4 rings (SSSR count). The monoisotopic (exact) mass is 442 g/mol. The molecule has 0 aromatic heterocycles. The Labute approximate surface area is 190 Å². The number of rotatable bonds is 6. The van der Waals surface area contributed by atoms with E-state index >= 15 is 0 Å². The number of amides is 3. The second-order valence-corrected chi connectivity index (χ2v) is 7.46. The minimum Gasteiger partial charge on any atom is -0.465 e. The summed E-state index contributed by atoms with van der Waals surface area (Å²) >= 11 is 0. The smallest absolute Gasteiger partial charge is 0.337 e. The summed E-state index contributed by atoms with van der Waals surface area (Å²) in [5.41, 5.74) is 9.69. The summed E-state index contributed by atoms with van der Waals surface area (Å²) in [6, 6.07) is 21.2. The van der Waals surface area contributed by atoms with E-state index in [-0.39, 0.29) is 5.91 Å². The van der Waals surface area contributed by atoms with E-state index in [1.807, 2.05) is 54.6 Å². The Balaban J connectivity index is 1.73. The number of fused-ring (bicyclic) bond motifs is 1. The highest BCUT2D eigenvalue weighted by molar-refractivity contribution is 6.24. The van der Waals surface area contributed by atoms with Crippen molar-refractivity contribution in [1.82, 2.24) is 5.32 Å². The van der Waals surface area contributed by atoms with Crippen LogP contribution >= 0.6 is 0 Å². The summed E-state index contributed by atoms with van der Waals surface area (Å²) in [5.74, 6) is -1.35. The molecule has 8 heteroatoms. The lowest BCUT2D eigenvalue weighted by atomic mass is 9.90. The van der Waals surface area contributed by atoms with E-state index < -0.39 is 17.9 Å². The second-order valence-electron chi connectivity index (χ2n) is 7.46. The van der Waals surface area contributed by atoms with E-state index in [2.05, 4.69) is 10.6 Å². The number of hydrogen-bond donors (Lipinski definition) is 3. The Hall–Kier alpha value is -4.46. The van der Waals surface area contributed by atoms with Crippen LogP contribution in [-0.4, -0.2) is 30.7 Å². The molecule has 3 amide bonds. The lowest BCUT2D eigenvalue weighted by molar-refractivity contribution is -0.115. The first-order chi connectivity index (χ1) is 16.0. The van der Waals surface area contributed by atoms with E-state index in [0.717, 1.165) is 16.7 Å². The van der Waals surface area contributed by atoms with Crippen LogP contribution in [0.3, 0.4) is 0 Å². The largest absolute Gasteiger partial charge is 0.465 e. The van der Waals surface area contributed by atoms with Crippen LogP contribution in [0.4, 0.5) is 16.2 Å². The zero-order valence-electron chi connectivity index (χ0n) is 17.9. The zero-order valence-corrected chi connectivity index (χ0v) is 17.9. The fourth-order valence-electron chi connectivity index (χ4n) is 3.70. The molecule has 0 bridgehead atoms. The SMILES string of the molecule is COC(=O)c1ccc2c(c1)NC(=O)C2C(=Nc1ccc(CNC(N)=O)cc1)c1ccccc1. The number of esters is 1. The van der Waals surface area contributed by atoms with E-state index in [1.54, 1.807) is 18.2 Å². The maximum atomic E-state index is 13.0. The van der Waals surface area contributed by atoms with Gasteiger partial charge in [0.1, 0.15) is 5.92 Å². The standard InChI is InChI=1S/C25H22N4O4/c1-33-24(31)17-9-12-19-20(13-17)29-23(30)21(19)22(16-5-3-2-4-6-16)28-18-10-7-15(8-11-18)14-27-25(26)32/h2-13,21H,14H2,1H3,(H,29,30)(H3,26,27,32). The number of aliphatic imine (C=N–C) groups is 1. The molecule has 1 atom stereocenters. The van der Waals surface area contributed by atoms with Crippen LogP contribution < -0.4 is 16.4 Å². The molecule has 3 aromatic carbocycles. The molecule has 1 unspecified atom stereocenters. The molecule has 1 aliphatic rings. The van der Waals surface area contributed by atoms with Crippen LogP contribution in [0, 0.1) is 0 Å². The van der Waals surface area contributed by atoms with Gasteiger partial charge in [0.25, 0.3) is 0 Å². The molecule has 166 valence electrons. The first-order valence-electron chi connectivity index (χ1n) is 10.3.